The summed E-state index contributed by atoms with van der Waals surface area (Å²) in [5, 5.41) is 13.4. The maximum atomic E-state index is 14.3. The van der Waals surface area contributed by atoms with Gasteiger partial charge in [0.25, 0.3) is 5.91 Å². The van der Waals surface area contributed by atoms with Gasteiger partial charge >= 0.3 is 5.97 Å². The highest BCUT2D eigenvalue weighted by Crippen LogP contribution is 2.43. The summed E-state index contributed by atoms with van der Waals surface area (Å²) in [5.74, 6) is -3.90. The maximum absolute atomic E-state index is 14.3. The van der Waals surface area contributed by atoms with Crippen LogP contribution in [0.1, 0.15) is 28.4 Å². The number of fused-ring (bicyclic) bond motifs is 1. The normalized spacial score (nSPS) is 11.7. The molecule has 3 aromatic carbocycles. The van der Waals surface area contributed by atoms with E-state index in [0.29, 0.717) is 46.6 Å². The van der Waals surface area contributed by atoms with Gasteiger partial charge in [-0.2, -0.15) is 0 Å². The Hall–Kier alpha value is -4.77. The van der Waals surface area contributed by atoms with Gasteiger partial charge in [-0.1, -0.05) is 12.1 Å². The van der Waals surface area contributed by atoms with E-state index in [-0.39, 0.29) is 12.1 Å². The number of halogens is 2. The van der Waals surface area contributed by atoms with Crippen LogP contribution < -0.4 is 20.5 Å². The molecule has 0 unspecified atom stereocenters. The summed E-state index contributed by atoms with van der Waals surface area (Å²) in [4.78, 5) is 29.1. The Morgan fingerprint density at radius 1 is 1.02 bits per heavy atom. The number of anilines is 1. The van der Waals surface area contributed by atoms with E-state index in [1.807, 2.05) is 19.1 Å². The van der Waals surface area contributed by atoms with Crippen molar-refractivity contribution in [2.24, 2.45) is 0 Å². The summed E-state index contributed by atoms with van der Waals surface area (Å²) in [6.45, 7) is 2.82. The highest BCUT2D eigenvalue weighted by atomic mass is 19.1. The molecule has 0 spiro atoms. The molecule has 0 saturated heterocycles. The summed E-state index contributed by atoms with van der Waals surface area (Å²) in [5.41, 5.74) is 7.10. The van der Waals surface area contributed by atoms with Gasteiger partial charge in [0.1, 0.15) is 34.7 Å². The lowest BCUT2D eigenvalue weighted by atomic mass is 9.92. The number of ether oxygens (including phenoxy) is 3. The monoisotopic (exact) mass is 565 g/mol. The fourth-order valence-electron chi connectivity index (χ4n) is 4.64. The third-order valence-electron chi connectivity index (χ3n) is 6.54. The molecule has 4 rings (SSSR count). The number of carboxylic acids is 1. The molecule has 4 N–H and O–H groups in total. The van der Waals surface area contributed by atoms with Crippen LogP contribution in [0.2, 0.25) is 0 Å². The zero-order valence-electron chi connectivity index (χ0n) is 22.7. The van der Waals surface area contributed by atoms with Crippen molar-refractivity contribution < 1.29 is 37.7 Å². The van der Waals surface area contributed by atoms with Crippen LogP contribution in [0.15, 0.2) is 54.9 Å². The van der Waals surface area contributed by atoms with E-state index in [4.69, 9.17) is 19.9 Å². The smallest absolute Gasteiger partial charge is 0.326 e. The first-order valence-electron chi connectivity index (χ1n) is 12.6. The van der Waals surface area contributed by atoms with E-state index in [0.717, 1.165) is 23.3 Å². The Labute approximate surface area is 234 Å². The molecule has 4 aromatic rings. The quantitative estimate of drug-likeness (QED) is 0.222. The zero-order valence-corrected chi connectivity index (χ0v) is 22.7. The molecule has 0 aliphatic heterocycles. The van der Waals surface area contributed by atoms with Gasteiger partial charge in [0.05, 0.1) is 26.4 Å². The summed E-state index contributed by atoms with van der Waals surface area (Å²) < 4.78 is 45.5. The fraction of sp³-hybridized carbons (Fsp3) is 0.233. The van der Waals surface area contributed by atoms with Gasteiger partial charge in [-0.15, -0.1) is 0 Å². The van der Waals surface area contributed by atoms with Crippen molar-refractivity contribution in [1.29, 1.82) is 0 Å². The van der Waals surface area contributed by atoms with E-state index in [2.05, 4.69) is 10.3 Å². The van der Waals surface area contributed by atoms with Crippen LogP contribution in [0, 0.1) is 11.6 Å². The Morgan fingerprint density at radius 2 is 1.68 bits per heavy atom. The van der Waals surface area contributed by atoms with Crippen LogP contribution in [0.3, 0.4) is 0 Å². The standard InChI is InChI=1S/C30H29F2N3O6/c1-4-41-15-16-9-25(39-2)27(26(10-16)40-3)20-6-5-17(19-7-8-34-14-21(19)20)11-24(30(37)38)35-29(36)28-22(31)12-18(33)13-23(28)32/h5-10,12-14,24H,4,11,15,33H2,1-3H3,(H,35,36)(H,37,38)/t24-/m1/s1. The van der Waals surface area contributed by atoms with Gasteiger partial charge < -0.3 is 30.4 Å². The third kappa shape index (κ3) is 6.20. The summed E-state index contributed by atoms with van der Waals surface area (Å²) >= 11 is 0. The minimum atomic E-state index is -1.50. The predicted octanol–water partition coefficient (Wildman–Crippen LogP) is 4.74. The molecule has 41 heavy (non-hydrogen) atoms. The zero-order chi connectivity index (χ0) is 29.7. The Balaban J connectivity index is 1.74. The largest absolute Gasteiger partial charge is 0.496 e. The number of hydrogen-bond donors (Lipinski definition) is 3. The van der Waals surface area contributed by atoms with Crippen LogP contribution in [0.4, 0.5) is 14.5 Å². The number of hydrogen-bond acceptors (Lipinski definition) is 7. The van der Waals surface area contributed by atoms with E-state index in [1.165, 1.54) is 0 Å². The predicted molar refractivity (Wildman–Crippen MR) is 149 cm³/mol. The molecular weight excluding hydrogens is 536 g/mol. The molecule has 1 atom stereocenters. The van der Waals surface area contributed by atoms with Gasteiger partial charge in [0, 0.05) is 36.5 Å². The first-order valence-corrected chi connectivity index (χ1v) is 12.6. The van der Waals surface area contributed by atoms with Gasteiger partial charge in [0.15, 0.2) is 0 Å². The molecule has 0 saturated carbocycles. The number of carboxylic acid groups (broad SMARTS) is 1. The number of carbonyl (C=O) groups is 2. The Bertz CT molecular complexity index is 1560. The number of nitrogen functional groups attached to an aromatic ring is 1. The van der Waals surface area contributed by atoms with E-state index in [9.17, 15) is 23.5 Å². The molecular formula is C30H29F2N3O6. The molecule has 0 fully saturated rings. The number of rotatable bonds is 11. The van der Waals surface area contributed by atoms with Crippen LogP contribution in [0.5, 0.6) is 11.5 Å². The molecule has 1 heterocycles. The van der Waals surface area contributed by atoms with Crippen molar-refractivity contribution in [3.05, 3.63) is 83.2 Å². The number of amides is 1. The van der Waals surface area contributed by atoms with Crippen molar-refractivity contribution in [2.45, 2.75) is 26.0 Å². The van der Waals surface area contributed by atoms with Crippen molar-refractivity contribution >= 4 is 28.3 Å². The SMILES string of the molecule is CCOCc1cc(OC)c(-c2ccc(C[C@@H](NC(=O)c3c(F)cc(N)cc3F)C(=O)O)c3ccncc23)c(OC)c1. The lowest BCUT2D eigenvalue weighted by Gasteiger charge is -2.20. The number of aliphatic carboxylic acids is 1. The summed E-state index contributed by atoms with van der Waals surface area (Å²) in [6, 6.07) is 9.01. The molecule has 0 bridgehead atoms. The van der Waals surface area contributed by atoms with E-state index >= 15 is 0 Å². The van der Waals surface area contributed by atoms with E-state index in [1.54, 1.807) is 44.8 Å². The highest BCUT2D eigenvalue weighted by Gasteiger charge is 2.27. The van der Waals surface area contributed by atoms with Crippen LogP contribution in [-0.4, -0.2) is 48.8 Å². The number of aromatic nitrogens is 1. The lowest BCUT2D eigenvalue weighted by Crippen LogP contribution is -2.43. The number of methoxy groups -OCH3 is 2. The van der Waals surface area contributed by atoms with Crippen LogP contribution >= 0.6 is 0 Å². The summed E-state index contributed by atoms with van der Waals surface area (Å²) in [6.07, 6.45) is 3.01. The second-order valence-corrected chi connectivity index (χ2v) is 9.13. The van der Waals surface area contributed by atoms with Crippen LogP contribution in [-0.2, 0) is 22.6 Å². The molecule has 1 aromatic heterocycles. The average Bonchev–Trinajstić information content (AvgIpc) is 2.94. The van der Waals surface area contributed by atoms with Crippen molar-refractivity contribution in [1.82, 2.24) is 10.3 Å². The fourth-order valence-corrected chi connectivity index (χ4v) is 4.64. The molecule has 11 heteroatoms. The van der Waals surface area contributed by atoms with Crippen molar-refractivity contribution in [3.63, 3.8) is 0 Å². The average molecular weight is 566 g/mol. The van der Waals surface area contributed by atoms with Gasteiger partial charge in [-0.25, -0.2) is 13.6 Å². The number of carbonyl (C=O) groups excluding carboxylic acids is 1. The number of nitrogens with one attached hydrogen (secondary N) is 1. The van der Waals surface area contributed by atoms with Crippen LogP contribution in [0.25, 0.3) is 21.9 Å². The first-order chi connectivity index (χ1) is 19.7. The molecule has 0 aliphatic carbocycles. The molecule has 0 aliphatic rings. The molecule has 9 nitrogen and oxygen atoms in total. The minimum absolute atomic E-state index is 0.179. The van der Waals surface area contributed by atoms with E-state index < -0.39 is 35.1 Å². The van der Waals surface area contributed by atoms with Gasteiger partial charge in [0.2, 0.25) is 0 Å². The van der Waals surface area contributed by atoms with Gasteiger partial charge in [-0.3, -0.25) is 9.78 Å². The topological polar surface area (TPSA) is 133 Å². The maximum Gasteiger partial charge on any atom is 0.326 e. The number of benzene rings is 3. The molecule has 214 valence electrons. The number of pyridine rings is 1. The Kier molecular flexibility index (Phi) is 8.98. The molecule has 1 amide bonds. The minimum Gasteiger partial charge on any atom is -0.496 e. The highest BCUT2D eigenvalue weighted by molar-refractivity contribution is 6.01. The summed E-state index contributed by atoms with van der Waals surface area (Å²) in [7, 11) is 3.09. The van der Waals surface area contributed by atoms with Gasteiger partial charge in [-0.05, 0) is 59.3 Å². The van der Waals surface area contributed by atoms with Crippen molar-refractivity contribution in [3.8, 4) is 22.6 Å². The van der Waals surface area contributed by atoms with Crippen molar-refractivity contribution in [2.75, 3.05) is 26.6 Å². The second-order valence-electron chi connectivity index (χ2n) is 9.13. The molecule has 0 radical (unpaired) electrons. The number of nitrogens with two attached hydrogens (primary N) is 1. The Morgan fingerprint density at radius 3 is 2.27 bits per heavy atom. The third-order valence-corrected chi connectivity index (χ3v) is 6.54. The first kappa shape index (κ1) is 29.2. The second kappa shape index (κ2) is 12.6. The lowest BCUT2D eigenvalue weighted by molar-refractivity contribution is -0.139. The number of nitrogens with zero attached hydrogens (tertiary/aromatic N) is 1.